The molecular weight excluding hydrogens is 560 g/mol. The van der Waals surface area contributed by atoms with Crippen molar-refractivity contribution in [1.29, 1.82) is 0 Å². The number of carbonyl (C=O) groups is 4. The zero-order chi connectivity index (χ0) is 31.5. The number of aliphatic hydroxyl groups excluding tert-OH is 1. The molecule has 0 aliphatic carbocycles. The van der Waals surface area contributed by atoms with E-state index < -0.39 is 54.0 Å². The maximum atomic E-state index is 13.5. The molecule has 0 aliphatic rings. The molecule has 5 unspecified atom stereocenters. The number of fused-ring (bicyclic) bond motifs is 1. The topological polar surface area (TPSA) is 280 Å². The van der Waals surface area contributed by atoms with Gasteiger partial charge in [-0.25, -0.2) is 9.78 Å². The normalized spacial score (nSPS) is 14.6. The van der Waals surface area contributed by atoms with E-state index in [2.05, 4.69) is 35.9 Å². The molecule has 13 N–H and O–H groups in total. The molecule has 2 heterocycles. The van der Waals surface area contributed by atoms with Crippen LogP contribution in [0.1, 0.15) is 31.0 Å². The monoisotopic (exact) mass is 598 g/mol. The summed E-state index contributed by atoms with van der Waals surface area (Å²) in [6.45, 7) is 1.39. The second kappa shape index (κ2) is 15.3. The van der Waals surface area contributed by atoms with Gasteiger partial charge in [-0.1, -0.05) is 18.2 Å². The van der Waals surface area contributed by atoms with E-state index >= 15 is 0 Å². The van der Waals surface area contributed by atoms with Crippen molar-refractivity contribution in [2.75, 3.05) is 6.54 Å². The first-order valence-electron chi connectivity index (χ1n) is 13.6. The van der Waals surface area contributed by atoms with E-state index in [9.17, 15) is 29.4 Å². The predicted octanol–water partition coefficient (Wildman–Crippen LogP) is -2.02. The van der Waals surface area contributed by atoms with E-state index in [1.807, 2.05) is 24.3 Å². The van der Waals surface area contributed by atoms with E-state index in [0.29, 0.717) is 12.1 Å². The fourth-order valence-electron chi connectivity index (χ4n) is 4.42. The number of imidazole rings is 1. The van der Waals surface area contributed by atoms with Crippen LogP contribution in [-0.2, 0) is 32.0 Å². The van der Waals surface area contributed by atoms with Gasteiger partial charge in [-0.2, -0.15) is 0 Å². The van der Waals surface area contributed by atoms with Crippen molar-refractivity contribution in [3.63, 3.8) is 0 Å². The summed E-state index contributed by atoms with van der Waals surface area (Å²) in [6.07, 6.45) is 3.68. The largest absolute Gasteiger partial charge is 0.480 e. The van der Waals surface area contributed by atoms with Crippen molar-refractivity contribution in [1.82, 2.24) is 30.9 Å². The van der Waals surface area contributed by atoms with Gasteiger partial charge in [0, 0.05) is 42.0 Å². The Morgan fingerprint density at radius 1 is 1.00 bits per heavy atom. The number of carboxylic acids is 1. The number of hydrogen-bond acceptors (Lipinski definition) is 8. The minimum atomic E-state index is -1.62. The molecule has 3 aromatic rings. The Kier molecular flexibility index (Phi) is 11.6. The van der Waals surface area contributed by atoms with E-state index in [0.717, 1.165) is 16.5 Å². The Morgan fingerprint density at radius 3 is 2.35 bits per heavy atom. The summed E-state index contributed by atoms with van der Waals surface area (Å²) in [6, 6.07) is 2.51. The fraction of sp³-hybridized carbons (Fsp3) is 0.407. The van der Waals surface area contributed by atoms with Gasteiger partial charge in [0.15, 0.2) is 12.0 Å². The number of carboxylic acid groups (broad SMARTS) is 1. The van der Waals surface area contributed by atoms with Gasteiger partial charge >= 0.3 is 5.97 Å². The van der Waals surface area contributed by atoms with Gasteiger partial charge in [0.05, 0.1) is 18.5 Å². The molecule has 0 spiro atoms. The summed E-state index contributed by atoms with van der Waals surface area (Å²) in [5, 5.41) is 27.6. The van der Waals surface area contributed by atoms with Crippen LogP contribution in [0.25, 0.3) is 10.9 Å². The maximum Gasteiger partial charge on any atom is 0.328 e. The van der Waals surface area contributed by atoms with Gasteiger partial charge in [-0.3, -0.25) is 19.4 Å². The highest BCUT2D eigenvalue weighted by atomic mass is 16.4. The van der Waals surface area contributed by atoms with Gasteiger partial charge < -0.3 is 53.3 Å². The van der Waals surface area contributed by atoms with Crippen LogP contribution < -0.4 is 33.2 Å². The second-order valence-electron chi connectivity index (χ2n) is 10.1. The number of hydrogen-bond donors (Lipinski definition) is 10. The predicted molar refractivity (Wildman–Crippen MR) is 157 cm³/mol. The van der Waals surface area contributed by atoms with E-state index in [4.69, 9.17) is 17.2 Å². The highest BCUT2D eigenvalue weighted by molar-refractivity contribution is 5.94. The number of rotatable bonds is 16. The van der Waals surface area contributed by atoms with Crippen molar-refractivity contribution >= 4 is 40.6 Å². The summed E-state index contributed by atoms with van der Waals surface area (Å²) < 4.78 is 0. The average Bonchev–Trinajstić information content (AvgIpc) is 3.62. The van der Waals surface area contributed by atoms with Crippen LogP contribution in [0.4, 0.5) is 0 Å². The van der Waals surface area contributed by atoms with Gasteiger partial charge in [0.2, 0.25) is 17.7 Å². The van der Waals surface area contributed by atoms with Gasteiger partial charge in [-0.15, -0.1) is 0 Å². The second-order valence-corrected chi connectivity index (χ2v) is 10.1. The number of H-pyrrole nitrogens is 2. The summed E-state index contributed by atoms with van der Waals surface area (Å²) in [7, 11) is 0. The summed E-state index contributed by atoms with van der Waals surface area (Å²) in [5.74, 6) is -3.77. The Balaban J connectivity index is 1.76. The molecule has 2 aromatic heterocycles. The van der Waals surface area contributed by atoms with Crippen LogP contribution in [0, 0.1) is 0 Å². The standard InChI is InChI=1S/C27H38N10O6/c1-14(38)22(26(42)43)37-25(41)21(10-16-12-31-13-34-16)36-24(40)20(7-4-8-32-27(29)30)35-23(39)18(28)9-15-11-33-19-6-3-2-5-17(15)19/h2-3,5-6,11-14,18,20-22,33,38H,4,7-10,28H2,1H3,(H,31,34)(H,35,39)(H,36,40)(H,37,41)(H,42,43)(H4,29,30,32). The number of nitrogens with one attached hydrogen (secondary N) is 5. The van der Waals surface area contributed by atoms with Crippen LogP contribution in [0.3, 0.4) is 0 Å². The van der Waals surface area contributed by atoms with Crippen molar-refractivity contribution in [3.05, 3.63) is 54.2 Å². The molecule has 1 aromatic carbocycles. The molecular formula is C27H38N10O6. The van der Waals surface area contributed by atoms with Crippen molar-refractivity contribution in [2.45, 2.75) is 62.9 Å². The number of guanidine groups is 1. The van der Waals surface area contributed by atoms with Crippen molar-refractivity contribution in [2.24, 2.45) is 22.2 Å². The number of aromatic amines is 2. The van der Waals surface area contributed by atoms with Crippen LogP contribution >= 0.6 is 0 Å². The summed E-state index contributed by atoms with van der Waals surface area (Å²) in [4.78, 5) is 65.0. The zero-order valence-electron chi connectivity index (χ0n) is 23.6. The smallest absolute Gasteiger partial charge is 0.328 e. The molecule has 0 saturated carbocycles. The Labute approximate surface area is 246 Å². The summed E-state index contributed by atoms with van der Waals surface area (Å²) >= 11 is 0. The first-order valence-corrected chi connectivity index (χ1v) is 13.6. The lowest BCUT2D eigenvalue weighted by atomic mass is 10.0. The lowest BCUT2D eigenvalue weighted by Gasteiger charge is -2.25. The molecule has 0 saturated heterocycles. The van der Waals surface area contributed by atoms with Gasteiger partial charge in [0.25, 0.3) is 0 Å². The Morgan fingerprint density at radius 2 is 1.70 bits per heavy atom. The van der Waals surface area contributed by atoms with Crippen molar-refractivity contribution in [3.8, 4) is 0 Å². The minimum absolute atomic E-state index is 0.0849. The molecule has 0 bridgehead atoms. The van der Waals surface area contributed by atoms with Crippen molar-refractivity contribution < 1.29 is 29.4 Å². The first-order chi connectivity index (χ1) is 20.5. The van der Waals surface area contributed by atoms with E-state index in [1.165, 1.54) is 19.4 Å². The highest BCUT2D eigenvalue weighted by Gasteiger charge is 2.32. The van der Waals surface area contributed by atoms with Crippen LogP contribution in [0.2, 0.25) is 0 Å². The quantitative estimate of drug-likeness (QED) is 0.0490. The molecule has 16 nitrogen and oxygen atoms in total. The molecule has 3 rings (SSSR count). The number of benzene rings is 1. The molecule has 3 amide bonds. The molecule has 0 aliphatic heterocycles. The van der Waals surface area contributed by atoms with Gasteiger partial charge in [-0.05, 0) is 37.8 Å². The molecule has 0 fully saturated rings. The lowest BCUT2D eigenvalue weighted by Crippen LogP contribution is -2.59. The number of nitrogens with two attached hydrogens (primary N) is 3. The molecule has 5 atom stereocenters. The summed E-state index contributed by atoms with van der Waals surface area (Å²) in [5.41, 5.74) is 19.2. The third kappa shape index (κ3) is 9.54. The average molecular weight is 599 g/mol. The highest BCUT2D eigenvalue weighted by Crippen LogP contribution is 2.19. The maximum absolute atomic E-state index is 13.5. The van der Waals surface area contributed by atoms with Crippen LogP contribution in [0.15, 0.2) is 48.0 Å². The number of aliphatic carboxylic acids is 1. The molecule has 16 heteroatoms. The Hall–Kier alpha value is -4.96. The van der Waals surface area contributed by atoms with E-state index in [1.54, 1.807) is 6.20 Å². The van der Waals surface area contributed by atoms with E-state index in [-0.39, 0.29) is 31.8 Å². The van der Waals surface area contributed by atoms with Gasteiger partial charge in [0.1, 0.15) is 12.1 Å². The number of aromatic nitrogens is 3. The first kappa shape index (κ1) is 32.6. The Bertz CT molecular complexity index is 1420. The number of nitrogens with zero attached hydrogens (tertiary/aromatic N) is 2. The van der Waals surface area contributed by atoms with Crippen LogP contribution in [0.5, 0.6) is 0 Å². The minimum Gasteiger partial charge on any atom is -0.480 e. The number of para-hydroxylation sites is 1. The third-order valence-corrected chi connectivity index (χ3v) is 6.69. The lowest BCUT2D eigenvalue weighted by molar-refractivity contribution is -0.145. The fourth-order valence-corrected chi connectivity index (χ4v) is 4.42. The molecule has 0 radical (unpaired) electrons. The zero-order valence-corrected chi connectivity index (χ0v) is 23.6. The number of aliphatic hydroxyl groups is 1. The third-order valence-electron chi connectivity index (χ3n) is 6.69. The SMILES string of the molecule is CC(O)C(NC(=O)C(Cc1cnc[nH]1)NC(=O)C(CCCN=C(N)N)NC(=O)C(N)Cc1c[nH]c2ccccc12)C(=O)O. The number of amides is 3. The number of carbonyl (C=O) groups excluding carboxylic acids is 3. The number of aliphatic imine (C=N–C) groups is 1. The van der Waals surface area contributed by atoms with Crippen LogP contribution in [-0.4, -0.2) is 91.6 Å². The molecule has 232 valence electrons. The molecule has 43 heavy (non-hydrogen) atoms.